The van der Waals surface area contributed by atoms with E-state index in [1.165, 1.54) is 25.7 Å². The summed E-state index contributed by atoms with van der Waals surface area (Å²) in [6, 6.07) is 16.2. The highest BCUT2D eigenvalue weighted by atomic mass is 32.2. The lowest BCUT2D eigenvalue weighted by Crippen LogP contribution is -1.94. The van der Waals surface area contributed by atoms with Crippen LogP contribution in [0.25, 0.3) is 22.5 Å². The third-order valence-corrected chi connectivity index (χ3v) is 6.23. The third kappa shape index (κ3) is 3.98. The standard InChI is InChI=1S/C22H24N2O2S/c1-25-17-11-7-15(8-12-17)20-21(16-9-13-18(26-2)14-10-16)24-22(23-20)27-19-5-3-4-6-19/h7-14,19H,3-6H2,1-2H3,(H,23,24). The van der Waals surface area contributed by atoms with Gasteiger partial charge in [0, 0.05) is 16.4 Å². The molecule has 1 saturated carbocycles. The summed E-state index contributed by atoms with van der Waals surface area (Å²) in [5, 5.41) is 1.67. The molecule has 4 nitrogen and oxygen atoms in total. The lowest BCUT2D eigenvalue weighted by Gasteiger charge is -2.06. The normalized spacial score (nSPS) is 14.4. The van der Waals surface area contributed by atoms with Crippen molar-refractivity contribution in [2.45, 2.75) is 36.1 Å². The van der Waals surface area contributed by atoms with Crippen LogP contribution in [0.5, 0.6) is 11.5 Å². The number of thioether (sulfide) groups is 1. The highest BCUT2D eigenvalue weighted by Crippen LogP contribution is 2.38. The van der Waals surface area contributed by atoms with E-state index in [9.17, 15) is 0 Å². The topological polar surface area (TPSA) is 47.1 Å². The average Bonchev–Trinajstić information content (AvgIpc) is 3.38. The summed E-state index contributed by atoms with van der Waals surface area (Å²) in [6.07, 6.45) is 5.21. The number of nitrogens with zero attached hydrogens (tertiary/aromatic N) is 1. The number of nitrogens with one attached hydrogen (secondary N) is 1. The van der Waals surface area contributed by atoms with Gasteiger partial charge in [-0.15, -0.1) is 0 Å². The Kier molecular flexibility index (Phi) is 5.39. The molecule has 0 unspecified atom stereocenters. The molecule has 0 amide bonds. The number of rotatable bonds is 6. The summed E-state index contributed by atoms with van der Waals surface area (Å²) < 4.78 is 10.6. The summed E-state index contributed by atoms with van der Waals surface area (Å²) in [4.78, 5) is 8.52. The predicted octanol–water partition coefficient (Wildman–Crippen LogP) is 5.80. The molecule has 0 bridgehead atoms. The van der Waals surface area contributed by atoms with Crippen molar-refractivity contribution >= 4 is 11.8 Å². The number of aromatic amines is 1. The summed E-state index contributed by atoms with van der Waals surface area (Å²) in [5.41, 5.74) is 4.20. The monoisotopic (exact) mass is 380 g/mol. The van der Waals surface area contributed by atoms with E-state index in [2.05, 4.69) is 29.2 Å². The molecular formula is C22H24N2O2S. The van der Waals surface area contributed by atoms with E-state index >= 15 is 0 Å². The zero-order valence-electron chi connectivity index (χ0n) is 15.7. The Labute approximate surface area is 164 Å². The maximum Gasteiger partial charge on any atom is 0.166 e. The Balaban J connectivity index is 1.72. The predicted molar refractivity (Wildman–Crippen MR) is 111 cm³/mol. The van der Waals surface area contributed by atoms with Crippen LogP contribution in [0.3, 0.4) is 0 Å². The first kappa shape index (κ1) is 18.0. The zero-order valence-corrected chi connectivity index (χ0v) is 16.5. The number of ether oxygens (including phenoxy) is 2. The van der Waals surface area contributed by atoms with Crippen molar-refractivity contribution in [1.29, 1.82) is 0 Å². The molecule has 1 aromatic heterocycles. The Morgan fingerprint density at radius 2 is 1.41 bits per heavy atom. The number of aromatic nitrogens is 2. The second-order valence-corrected chi connectivity index (χ2v) is 8.04. The molecule has 0 radical (unpaired) electrons. The van der Waals surface area contributed by atoms with Crippen molar-refractivity contribution in [3.05, 3.63) is 48.5 Å². The summed E-state index contributed by atoms with van der Waals surface area (Å²) in [5.74, 6) is 1.70. The number of methoxy groups -OCH3 is 2. The van der Waals surface area contributed by atoms with Crippen LogP contribution in [0, 0.1) is 0 Å². The molecule has 0 saturated heterocycles. The summed E-state index contributed by atoms with van der Waals surface area (Å²) in [7, 11) is 3.37. The molecule has 0 atom stereocenters. The maximum absolute atomic E-state index is 5.30. The molecule has 4 rings (SSSR count). The molecule has 1 fully saturated rings. The fourth-order valence-electron chi connectivity index (χ4n) is 3.50. The van der Waals surface area contributed by atoms with Gasteiger partial charge in [-0.3, -0.25) is 0 Å². The second kappa shape index (κ2) is 8.09. The second-order valence-electron chi connectivity index (χ2n) is 6.75. The minimum absolute atomic E-state index is 0.670. The van der Waals surface area contributed by atoms with Crippen LogP contribution in [0.1, 0.15) is 25.7 Å². The minimum Gasteiger partial charge on any atom is -0.497 e. The van der Waals surface area contributed by atoms with Crippen LogP contribution in [0.15, 0.2) is 53.7 Å². The van der Waals surface area contributed by atoms with Crippen LogP contribution in [-0.4, -0.2) is 29.4 Å². The first-order valence-corrected chi connectivity index (χ1v) is 10.2. The van der Waals surface area contributed by atoms with Crippen LogP contribution in [-0.2, 0) is 0 Å². The maximum atomic E-state index is 5.30. The Bertz CT molecular complexity index is 817. The molecule has 1 aliphatic rings. The molecule has 3 aromatic rings. The highest BCUT2D eigenvalue weighted by Gasteiger charge is 2.20. The van der Waals surface area contributed by atoms with Crippen molar-refractivity contribution in [3.8, 4) is 34.0 Å². The minimum atomic E-state index is 0.670. The molecule has 140 valence electrons. The van der Waals surface area contributed by atoms with Gasteiger partial charge >= 0.3 is 0 Å². The number of benzene rings is 2. The number of H-pyrrole nitrogens is 1. The van der Waals surface area contributed by atoms with Crippen molar-refractivity contribution in [2.75, 3.05) is 14.2 Å². The molecule has 1 N–H and O–H groups in total. The zero-order chi connectivity index (χ0) is 18.6. The number of imidazole rings is 1. The van der Waals surface area contributed by atoms with Crippen LogP contribution in [0.2, 0.25) is 0 Å². The van der Waals surface area contributed by atoms with Gasteiger partial charge in [0.1, 0.15) is 11.5 Å². The lowest BCUT2D eigenvalue weighted by molar-refractivity contribution is 0.414. The fourth-order valence-corrected chi connectivity index (χ4v) is 4.69. The average molecular weight is 381 g/mol. The molecule has 2 aromatic carbocycles. The first-order chi connectivity index (χ1) is 13.3. The SMILES string of the molecule is COc1ccc(-c2nc(SC3CCCC3)[nH]c2-c2ccc(OC)cc2)cc1. The van der Waals surface area contributed by atoms with E-state index in [0.29, 0.717) is 5.25 Å². The molecule has 0 spiro atoms. The molecule has 1 aliphatic carbocycles. The number of hydrogen-bond donors (Lipinski definition) is 1. The molecule has 5 heteroatoms. The van der Waals surface area contributed by atoms with E-state index in [-0.39, 0.29) is 0 Å². The van der Waals surface area contributed by atoms with Crippen molar-refractivity contribution in [2.24, 2.45) is 0 Å². The van der Waals surface area contributed by atoms with Gasteiger partial charge in [0.25, 0.3) is 0 Å². The van der Waals surface area contributed by atoms with E-state index in [4.69, 9.17) is 14.5 Å². The van der Waals surface area contributed by atoms with Crippen LogP contribution in [0.4, 0.5) is 0 Å². The lowest BCUT2D eigenvalue weighted by atomic mass is 10.0. The van der Waals surface area contributed by atoms with Crippen LogP contribution < -0.4 is 9.47 Å². The van der Waals surface area contributed by atoms with Gasteiger partial charge in [-0.05, 0) is 61.4 Å². The van der Waals surface area contributed by atoms with Gasteiger partial charge in [0.15, 0.2) is 5.16 Å². The van der Waals surface area contributed by atoms with Gasteiger partial charge in [-0.2, -0.15) is 0 Å². The first-order valence-electron chi connectivity index (χ1n) is 9.32. The molecular weight excluding hydrogens is 356 g/mol. The van der Waals surface area contributed by atoms with Crippen molar-refractivity contribution in [3.63, 3.8) is 0 Å². The summed E-state index contributed by atoms with van der Waals surface area (Å²) >= 11 is 1.87. The quantitative estimate of drug-likeness (QED) is 0.587. The largest absolute Gasteiger partial charge is 0.497 e. The molecule has 0 aliphatic heterocycles. The Hall–Kier alpha value is -2.40. The third-order valence-electron chi connectivity index (χ3n) is 5.00. The number of hydrogen-bond acceptors (Lipinski definition) is 4. The van der Waals surface area contributed by atoms with Crippen molar-refractivity contribution < 1.29 is 9.47 Å². The van der Waals surface area contributed by atoms with Gasteiger partial charge < -0.3 is 14.5 Å². The van der Waals surface area contributed by atoms with E-state index in [1.807, 2.05) is 36.0 Å². The fraction of sp³-hybridized carbons (Fsp3) is 0.318. The van der Waals surface area contributed by atoms with Gasteiger partial charge in [0.05, 0.1) is 25.6 Å². The van der Waals surface area contributed by atoms with E-state index < -0.39 is 0 Å². The van der Waals surface area contributed by atoms with Crippen molar-refractivity contribution in [1.82, 2.24) is 9.97 Å². The van der Waals surface area contributed by atoms with E-state index in [1.54, 1.807) is 14.2 Å². The Morgan fingerprint density at radius 3 is 1.96 bits per heavy atom. The highest BCUT2D eigenvalue weighted by molar-refractivity contribution is 7.99. The summed E-state index contributed by atoms with van der Waals surface area (Å²) in [6.45, 7) is 0. The molecule has 27 heavy (non-hydrogen) atoms. The van der Waals surface area contributed by atoms with Gasteiger partial charge in [-0.1, -0.05) is 24.6 Å². The van der Waals surface area contributed by atoms with E-state index in [0.717, 1.165) is 39.2 Å². The smallest absolute Gasteiger partial charge is 0.166 e. The van der Waals surface area contributed by atoms with Crippen LogP contribution >= 0.6 is 11.8 Å². The van der Waals surface area contributed by atoms with Gasteiger partial charge in [0.2, 0.25) is 0 Å². The Morgan fingerprint density at radius 1 is 0.852 bits per heavy atom. The molecule has 1 heterocycles. The van der Waals surface area contributed by atoms with Gasteiger partial charge in [-0.25, -0.2) is 4.98 Å².